The summed E-state index contributed by atoms with van der Waals surface area (Å²) in [6.45, 7) is 0.384. The molecule has 0 fully saturated rings. The van der Waals surface area contributed by atoms with Crippen molar-refractivity contribution >= 4 is 11.7 Å². The van der Waals surface area contributed by atoms with Crippen molar-refractivity contribution in [2.24, 2.45) is 0 Å². The van der Waals surface area contributed by atoms with Gasteiger partial charge >= 0.3 is 11.7 Å². The van der Waals surface area contributed by atoms with Gasteiger partial charge in [0.1, 0.15) is 5.82 Å². The van der Waals surface area contributed by atoms with E-state index in [-0.39, 0.29) is 13.1 Å². The number of hydrogen-bond acceptors (Lipinski definition) is 3. The molecule has 2 aromatic carbocycles. The first kappa shape index (κ1) is 14.4. The Hall–Kier alpha value is -3.22. The molecule has 0 radical (unpaired) electrons. The third-order valence-electron chi connectivity index (χ3n) is 3.94. The molecule has 0 spiro atoms. The van der Waals surface area contributed by atoms with E-state index in [2.05, 4.69) is 4.98 Å². The fourth-order valence-electron chi connectivity index (χ4n) is 2.82. The summed E-state index contributed by atoms with van der Waals surface area (Å²) in [5, 5.41) is 0. The smallest absolute Gasteiger partial charge is 0.285 e. The lowest BCUT2D eigenvalue weighted by Gasteiger charge is -2.15. The summed E-state index contributed by atoms with van der Waals surface area (Å²) in [5.41, 5.74) is 0.851. The Balaban J connectivity index is 1.71. The van der Waals surface area contributed by atoms with Gasteiger partial charge in [-0.05, 0) is 23.8 Å². The second-order valence-electron chi connectivity index (χ2n) is 5.51. The van der Waals surface area contributed by atoms with Gasteiger partial charge in [0, 0.05) is 5.69 Å². The Morgan fingerprint density at radius 1 is 1.04 bits per heavy atom. The van der Waals surface area contributed by atoms with E-state index < -0.39 is 17.5 Å². The molecule has 4 rings (SSSR count). The molecule has 0 aliphatic carbocycles. The number of hydrogen-bond donors (Lipinski definition) is 0. The number of carbonyl (C=O) groups excluding carboxylic acids is 1. The minimum Gasteiger partial charge on any atom is -0.285 e. The van der Waals surface area contributed by atoms with Crippen molar-refractivity contribution in [3.63, 3.8) is 0 Å². The van der Waals surface area contributed by atoms with E-state index in [1.165, 1.54) is 32.5 Å². The van der Waals surface area contributed by atoms with Crippen LogP contribution in [0.25, 0.3) is 0 Å². The van der Waals surface area contributed by atoms with Crippen molar-refractivity contribution in [2.45, 2.75) is 13.1 Å². The molecule has 2 heterocycles. The van der Waals surface area contributed by atoms with E-state index in [9.17, 15) is 14.0 Å². The third-order valence-corrected chi connectivity index (χ3v) is 3.94. The third kappa shape index (κ3) is 2.30. The highest BCUT2D eigenvalue weighted by atomic mass is 19.1. The van der Waals surface area contributed by atoms with E-state index in [4.69, 9.17) is 0 Å². The summed E-state index contributed by atoms with van der Waals surface area (Å²) in [6, 6.07) is 14.7. The van der Waals surface area contributed by atoms with E-state index in [0.29, 0.717) is 11.5 Å². The van der Waals surface area contributed by atoms with Crippen LogP contribution in [0, 0.1) is 5.82 Å². The largest absolute Gasteiger partial charge is 0.364 e. The van der Waals surface area contributed by atoms with Gasteiger partial charge in [-0.2, -0.15) is 9.67 Å². The number of nitrogens with zero attached hydrogens (tertiary/aromatic N) is 4. The summed E-state index contributed by atoms with van der Waals surface area (Å²) in [7, 11) is 0. The van der Waals surface area contributed by atoms with Crippen LogP contribution >= 0.6 is 0 Å². The van der Waals surface area contributed by atoms with Gasteiger partial charge in [0.25, 0.3) is 0 Å². The van der Waals surface area contributed by atoms with Crippen LogP contribution in [-0.2, 0) is 13.1 Å². The predicted molar refractivity (Wildman–Crippen MR) is 85.4 cm³/mol. The molecule has 120 valence electrons. The average Bonchev–Trinajstić information content (AvgIpc) is 3.05. The maximum absolute atomic E-state index is 13.4. The second-order valence-corrected chi connectivity index (χ2v) is 5.51. The number of carbonyl (C=O) groups is 1. The number of fused-ring (bicyclic) bond motifs is 1. The summed E-state index contributed by atoms with van der Waals surface area (Å²) in [6.07, 6.45) is 0. The molecule has 0 unspecified atom stereocenters. The highest BCUT2D eigenvalue weighted by molar-refractivity contribution is 5.95. The van der Waals surface area contributed by atoms with Crippen LogP contribution in [0.1, 0.15) is 11.4 Å². The number of amides is 1. The zero-order chi connectivity index (χ0) is 16.7. The SMILES string of the molecule is O=C1N(c2cccc(F)c2)Cc2nc(=O)n(Cc3ccccc3)n21. The zero-order valence-corrected chi connectivity index (χ0v) is 12.6. The Morgan fingerprint density at radius 3 is 2.58 bits per heavy atom. The van der Waals surface area contributed by atoms with E-state index in [1.54, 1.807) is 6.07 Å². The van der Waals surface area contributed by atoms with Gasteiger partial charge in [0.2, 0.25) is 0 Å². The molecule has 0 bridgehead atoms. The molecule has 1 aliphatic heterocycles. The maximum Gasteiger partial charge on any atom is 0.364 e. The molecule has 1 aliphatic rings. The van der Waals surface area contributed by atoms with Crippen LogP contribution in [-0.4, -0.2) is 20.4 Å². The summed E-state index contributed by atoms with van der Waals surface area (Å²) >= 11 is 0. The van der Waals surface area contributed by atoms with Gasteiger partial charge in [0.15, 0.2) is 5.82 Å². The molecular weight excluding hydrogens is 311 g/mol. The van der Waals surface area contributed by atoms with E-state index >= 15 is 0 Å². The molecule has 1 amide bonds. The van der Waals surface area contributed by atoms with Crippen LogP contribution in [0.5, 0.6) is 0 Å². The van der Waals surface area contributed by atoms with Crippen LogP contribution in [0.4, 0.5) is 14.9 Å². The normalized spacial score (nSPS) is 13.4. The molecule has 0 N–H and O–H groups in total. The van der Waals surface area contributed by atoms with Gasteiger partial charge < -0.3 is 0 Å². The number of aromatic nitrogens is 3. The van der Waals surface area contributed by atoms with Crippen molar-refractivity contribution < 1.29 is 9.18 Å². The lowest BCUT2D eigenvalue weighted by Crippen LogP contribution is -2.34. The number of halogens is 1. The van der Waals surface area contributed by atoms with Crippen molar-refractivity contribution in [1.82, 2.24) is 14.3 Å². The van der Waals surface area contributed by atoms with Crippen molar-refractivity contribution in [3.8, 4) is 0 Å². The minimum atomic E-state index is -0.471. The van der Waals surface area contributed by atoms with Gasteiger partial charge in [-0.1, -0.05) is 36.4 Å². The summed E-state index contributed by atoms with van der Waals surface area (Å²) in [4.78, 5) is 30.1. The topological polar surface area (TPSA) is 60.1 Å². The highest BCUT2D eigenvalue weighted by Gasteiger charge is 2.33. The molecule has 3 aromatic rings. The number of anilines is 1. The molecule has 7 heteroatoms. The lowest BCUT2D eigenvalue weighted by molar-refractivity contribution is 0.244. The van der Waals surface area contributed by atoms with Gasteiger partial charge in [-0.25, -0.2) is 18.7 Å². The first-order chi connectivity index (χ1) is 11.6. The zero-order valence-electron chi connectivity index (χ0n) is 12.6. The highest BCUT2D eigenvalue weighted by Crippen LogP contribution is 2.23. The van der Waals surface area contributed by atoms with Crippen LogP contribution < -0.4 is 10.6 Å². The predicted octanol–water partition coefficient (Wildman–Crippen LogP) is 2.22. The maximum atomic E-state index is 13.4. The van der Waals surface area contributed by atoms with Gasteiger partial charge in [-0.3, -0.25) is 4.90 Å². The second kappa shape index (κ2) is 5.45. The molecule has 0 atom stereocenters. The Kier molecular flexibility index (Phi) is 3.26. The Labute approximate surface area is 136 Å². The molecule has 0 saturated heterocycles. The van der Waals surface area contributed by atoms with Crippen molar-refractivity contribution in [3.05, 3.63) is 82.3 Å². The monoisotopic (exact) mass is 324 g/mol. The fourth-order valence-corrected chi connectivity index (χ4v) is 2.82. The molecule has 1 aromatic heterocycles. The molecule has 0 saturated carbocycles. The summed E-state index contributed by atoms with van der Waals surface area (Å²) in [5.74, 6) is -0.0725. The standard InChI is InChI=1S/C17H13FN4O2/c18-13-7-4-8-14(9-13)20-11-15-19-16(23)21(22(15)17(20)24)10-12-5-2-1-3-6-12/h1-9H,10-11H2. The van der Waals surface area contributed by atoms with Crippen LogP contribution in [0.2, 0.25) is 0 Å². The lowest BCUT2D eigenvalue weighted by atomic mass is 10.2. The first-order valence-corrected chi connectivity index (χ1v) is 7.43. The molecule has 6 nitrogen and oxygen atoms in total. The summed E-state index contributed by atoms with van der Waals surface area (Å²) < 4.78 is 16.0. The Bertz CT molecular complexity index is 978. The van der Waals surface area contributed by atoms with Crippen molar-refractivity contribution in [1.29, 1.82) is 0 Å². The van der Waals surface area contributed by atoms with Gasteiger partial charge in [-0.15, -0.1) is 0 Å². The number of rotatable bonds is 3. The van der Waals surface area contributed by atoms with E-state index in [0.717, 1.165) is 5.56 Å². The van der Waals surface area contributed by atoms with Crippen LogP contribution in [0.15, 0.2) is 59.4 Å². The average molecular weight is 324 g/mol. The van der Waals surface area contributed by atoms with Gasteiger partial charge in [0.05, 0.1) is 13.1 Å². The number of benzene rings is 2. The quantitative estimate of drug-likeness (QED) is 0.742. The molecular formula is C17H13FN4O2. The fraction of sp³-hybridized carbons (Fsp3) is 0.118. The minimum absolute atomic E-state index is 0.138. The molecule has 24 heavy (non-hydrogen) atoms. The van der Waals surface area contributed by atoms with E-state index in [1.807, 2.05) is 30.3 Å². The van der Waals surface area contributed by atoms with Crippen LogP contribution in [0.3, 0.4) is 0 Å². The Morgan fingerprint density at radius 2 is 1.83 bits per heavy atom. The van der Waals surface area contributed by atoms with Crippen molar-refractivity contribution in [2.75, 3.05) is 4.90 Å². The first-order valence-electron chi connectivity index (χ1n) is 7.43.